The van der Waals surface area contributed by atoms with E-state index in [2.05, 4.69) is 10.6 Å². The molecule has 3 rings (SSSR count). The third-order valence-electron chi connectivity index (χ3n) is 5.66. The van der Waals surface area contributed by atoms with E-state index in [0.29, 0.717) is 11.4 Å². The highest BCUT2D eigenvalue weighted by Gasteiger charge is 2.25. The van der Waals surface area contributed by atoms with Crippen LogP contribution in [0.3, 0.4) is 0 Å². The third kappa shape index (κ3) is 8.87. The SMILES string of the molecule is Cc1cccc(NC(=O)NCC(=O)N(CC(=O)N(C)c2ccccc2)c2ccccc2OCC(=O)OC(C)C)c1. The van der Waals surface area contributed by atoms with Crippen LogP contribution in [-0.4, -0.2) is 56.7 Å². The molecule has 40 heavy (non-hydrogen) atoms. The van der Waals surface area contributed by atoms with Crippen LogP contribution < -0.4 is 25.2 Å². The van der Waals surface area contributed by atoms with Crippen molar-refractivity contribution in [2.45, 2.75) is 26.9 Å². The number of ether oxygens (including phenoxy) is 2. The summed E-state index contributed by atoms with van der Waals surface area (Å²) >= 11 is 0. The maximum atomic E-state index is 13.5. The molecule has 10 heteroatoms. The Morgan fingerprint density at radius 3 is 2.27 bits per heavy atom. The molecule has 4 amide bonds. The lowest BCUT2D eigenvalue weighted by atomic mass is 10.2. The molecular formula is C30H34N4O6. The fourth-order valence-electron chi connectivity index (χ4n) is 3.73. The van der Waals surface area contributed by atoms with Crippen molar-refractivity contribution in [3.05, 3.63) is 84.4 Å². The second-order valence-corrected chi connectivity index (χ2v) is 9.24. The molecule has 0 aliphatic heterocycles. The van der Waals surface area contributed by atoms with Crippen molar-refractivity contribution in [1.82, 2.24) is 5.32 Å². The zero-order valence-electron chi connectivity index (χ0n) is 23.0. The van der Waals surface area contributed by atoms with Gasteiger partial charge in [-0.25, -0.2) is 9.59 Å². The highest BCUT2D eigenvalue weighted by Crippen LogP contribution is 2.28. The molecule has 0 unspecified atom stereocenters. The van der Waals surface area contributed by atoms with Crippen molar-refractivity contribution in [1.29, 1.82) is 0 Å². The van der Waals surface area contributed by atoms with Crippen LogP contribution in [0.2, 0.25) is 0 Å². The maximum Gasteiger partial charge on any atom is 0.344 e. The van der Waals surface area contributed by atoms with Gasteiger partial charge < -0.3 is 25.0 Å². The number of hydrogen-bond acceptors (Lipinski definition) is 6. The molecule has 210 valence electrons. The molecule has 0 heterocycles. The van der Waals surface area contributed by atoms with Crippen LogP contribution in [-0.2, 0) is 19.1 Å². The molecular weight excluding hydrogens is 512 g/mol. The fraction of sp³-hybridized carbons (Fsp3) is 0.267. The van der Waals surface area contributed by atoms with Crippen LogP contribution in [0.25, 0.3) is 0 Å². The maximum absolute atomic E-state index is 13.5. The van der Waals surface area contributed by atoms with Gasteiger partial charge in [-0.3, -0.25) is 14.5 Å². The summed E-state index contributed by atoms with van der Waals surface area (Å²) < 4.78 is 10.8. The molecule has 3 aromatic carbocycles. The molecule has 0 aromatic heterocycles. The molecule has 0 radical (unpaired) electrons. The highest BCUT2D eigenvalue weighted by molar-refractivity contribution is 6.05. The average Bonchev–Trinajstić information content (AvgIpc) is 2.93. The molecule has 0 bridgehead atoms. The Kier molecular flexibility index (Phi) is 10.6. The van der Waals surface area contributed by atoms with Crippen molar-refractivity contribution in [2.75, 3.05) is 41.9 Å². The van der Waals surface area contributed by atoms with Gasteiger partial charge in [0.1, 0.15) is 12.3 Å². The van der Waals surface area contributed by atoms with E-state index in [1.54, 1.807) is 87.6 Å². The van der Waals surface area contributed by atoms with E-state index in [9.17, 15) is 19.2 Å². The van der Waals surface area contributed by atoms with E-state index in [4.69, 9.17) is 9.47 Å². The van der Waals surface area contributed by atoms with E-state index in [-0.39, 0.29) is 36.6 Å². The summed E-state index contributed by atoms with van der Waals surface area (Å²) in [6.07, 6.45) is -0.312. The second kappa shape index (κ2) is 14.3. The van der Waals surface area contributed by atoms with Gasteiger partial charge in [0.15, 0.2) is 6.61 Å². The number of hydrogen-bond donors (Lipinski definition) is 2. The Morgan fingerprint density at radius 2 is 1.57 bits per heavy atom. The van der Waals surface area contributed by atoms with Crippen molar-refractivity contribution in [3.63, 3.8) is 0 Å². The molecule has 0 saturated carbocycles. The largest absolute Gasteiger partial charge is 0.480 e. The van der Waals surface area contributed by atoms with E-state index in [1.165, 1.54) is 9.80 Å². The van der Waals surface area contributed by atoms with Gasteiger partial charge in [0.25, 0.3) is 0 Å². The summed E-state index contributed by atoms with van der Waals surface area (Å²) in [6, 6.07) is 22.2. The number of amides is 4. The summed E-state index contributed by atoms with van der Waals surface area (Å²) in [4.78, 5) is 53.9. The number of urea groups is 1. The molecule has 0 aliphatic rings. The van der Waals surface area contributed by atoms with Crippen molar-refractivity contribution in [3.8, 4) is 5.75 Å². The number of carbonyl (C=O) groups is 4. The van der Waals surface area contributed by atoms with Gasteiger partial charge >= 0.3 is 12.0 Å². The first kappa shape index (κ1) is 29.7. The van der Waals surface area contributed by atoms with E-state index in [1.807, 2.05) is 19.1 Å². The van der Waals surface area contributed by atoms with Crippen LogP contribution in [0.4, 0.5) is 21.9 Å². The van der Waals surface area contributed by atoms with Crippen LogP contribution in [0.5, 0.6) is 5.75 Å². The lowest BCUT2D eigenvalue weighted by molar-refractivity contribution is -0.149. The number of para-hydroxylation sites is 3. The Labute approximate surface area is 233 Å². The van der Waals surface area contributed by atoms with Crippen LogP contribution in [0.15, 0.2) is 78.9 Å². The average molecular weight is 547 g/mol. The monoisotopic (exact) mass is 546 g/mol. The van der Waals surface area contributed by atoms with Gasteiger partial charge in [-0.1, -0.05) is 42.5 Å². The number of rotatable bonds is 11. The number of likely N-dealkylation sites (N-methyl/N-ethyl adjacent to an activating group) is 1. The summed E-state index contributed by atoms with van der Waals surface area (Å²) in [7, 11) is 1.61. The van der Waals surface area contributed by atoms with E-state index >= 15 is 0 Å². The topological polar surface area (TPSA) is 117 Å². The minimum Gasteiger partial charge on any atom is -0.480 e. The number of nitrogens with one attached hydrogen (secondary N) is 2. The molecule has 0 saturated heterocycles. The molecule has 3 aromatic rings. The lowest BCUT2D eigenvalue weighted by Gasteiger charge is -2.27. The zero-order valence-corrected chi connectivity index (χ0v) is 23.0. The van der Waals surface area contributed by atoms with Gasteiger partial charge in [0.05, 0.1) is 18.3 Å². The first-order valence-corrected chi connectivity index (χ1v) is 12.8. The van der Waals surface area contributed by atoms with E-state index < -0.39 is 24.5 Å². The Morgan fingerprint density at radius 1 is 0.875 bits per heavy atom. The first-order valence-electron chi connectivity index (χ1n) is 12.8. The summed E-state index contributed by atoms with van der Waals surface area (Å²) in [5, 5.41) is 5.23. The zero-order chi connectivity index (χ0) is 29.1. The van der Waals surface area contributed by atoms with Crippen LogP contribution in [0, 0.1) is 6.92 Å². The fourth-order valence-corrected chi connectivity index (χ4v) is 3.73. The van der Waals surface area contributed by atoms with Gasteiger partial charge in [-0.15, -0.1) is 0 Å². The minimum atomic E-state index is -0.576. The van der Waals surface area contributed by atoms with Crippen molar-refractivity contribution in [2.24, 2.45) is 0 Å². The van der Waals surface area contributed by atoms with Crippen molar-refractivity contribution >= 4 is 40.9 Å². The predicted octanol–water partition coefficient (Wildman–Crippen LogP) is 4.14. The normalized spacial score (nSPS) is 10.4. The lowest BCUT2D eigenvalue weighted by Crippen LogP contribution is -2.46. The summed E-state index contributed by atoms with van der Waals surface area (Å²) in [5.74, 6) is -1.30. The smallest absolute Gasteiger partial charge is 0.344 e. The molecule has 0 aliphatic carbocycles. The number of anilines is 3. The third-order valence-corrected chi connectivity index (χ3v) is 5.66. The Hall–Kier alpha value is -4.86. The molecule has 0 atom stereocenters. The van der Waals surface area contributed by atoms with E-state index in [0.717, 1.165) is 5.56 Å². The molecule has 0 spiro atoms. The van der Waals surface area contributed by atoms with Gasteiger partial charge in [-0.05, 0) is 62.7 Å². The Balaban J connectivity index is 1.79. The Bertz CT molecular complexity index is 1330. The van der Waals surface area contributed by atoms with Gasteiger partial charge in [0, 0.05) is 18.4 Å². The summed E-state index contributed by atoms with van der Waals surface area (Å²) in [5.41, 5.74) is 2.46. The predicted molar refractivity (Wildman–Crippen MR) is 154 cm³/mol. The number of benzene rings is 3. The van der Waals surface area contributed by atoms with Crippen molar-refractivity contribution < 1.29 is 28.7 Å². The minimum absolute atomic E-state index is 0.205. The number of esters is 1. The van der Waals surface area contributed by atoms with Crippen LogP contribution >= 0.6 is 0 Å². The molecule has 2 N–H and O–H groups in total. The second-order valence-electron chi connectivity index (χ2n) is 9.24. The quantitative estimate of drug-likeness (QED) is 0.349. The molecule has 10 nitrogen and oxygen atoms in total. The summed E-state index contributed by atoms with van der Waals surface area (Å²) in [6.45, 7) is 4.22. The number of aryl methyl sites for hydroxylation is 1. The van der Waals surface area contributed by atoms with Gasteiger partial charge in [0.2, 0.25) is 11.8 Å². The standard InChI is InChI=1S/C30H34N4O6/c1-21(2)40-29(37)20-39-26-16-9-8-15-25(26)34(19-28(36)33(4)24-13-6-5-7-14-24)27(35)18-31-30(38)32-23-12-10-11-22(3)17-23/h5-17,21H,18-20H2,1-4H3,(H2,31,32,38). The highest BCUT2D eigenvalue weighted by atomic mass is 16.6. The van der Waals surface area contributed by atoms with Crippen LogP contribution in [0.1, 0.15) is 19.4 Å². The molecule has 0 fully saturated rings. The first-order chi connectivity index (χ1) is 19.1. The van der Waals surface area contributed by atoms with Gasteiger partial charge in [-0.2, -0.15) is 0 Å². The number of carbonyl (C=O) groups excluding carboxylic acids is 4. The number of nitrogens with zero attached hydrogens (tertiary/aromatic N) is 2.